The van der Waals surface area contributed by atoms with E-state index in [1.165, 1.54) is 13.2 Å². The molecule has 0 aliphatic rings. The second-order valence-electron chi connectivity index (χ2n) is 1.81. The molecular formula is C5H5ClN2O2. The molecule has 1 heterocycles. The highest BCUT2D eigenvalue weighted by molar-refractivity contribution is 6.30. The molecule has 0 aliphatic heterocycles. The largest absolute Gasteiger partial charge is 0.314 e. The Morgan fingerprint density at radius 3 is 2.70 bits per heavy atom. The number of nitrogens with zero attached hydrogens (tertiary/aromatic N) is 1. The molecule has 54 valence electrons. The minimum Gasteiger partial charge on any atom is -0.302 e. The zero-order chi connectivity index (χ0) is 7.72. The first kappa shape index (κ1) is 7.08. The number of aromatic nitrogens is 2. The quantitative estimate of drug-likeness (QED) is 0.531. The van der Waals surface area contributed by atoms with Gasteiger partial charge in [0.25, 0.3) is 5.43 Å². The van der Waals surface area contributed by atoms with E-state index in [9.17, 15) is 9.59 Å². The van der Waals surface area contributed by atoms with E-state index in [1.54, 1.807) is 0 Å². The topological polar surface area (TPSA) is 54.9 Å². The molecule has 0 aliphatic carbocycles. The van der Waals surface area contributed by atoms with E-state index >= 15 is 0 Å². The molecule has 0 aromatic carbocycles. The second-order valence-corrected chi connectivity index (χ2v) is 2.22. The van der Waals surface area contributed by atoms with Gasteiger partial charge in [0, 0.05) is 13.2 Å². The minimum atomic E-state index is -0.678. The zero-order valence-corrected chi connectivity index (χ0v) is 5.97. The number of aromatic amines is 1. The highest BCUT2D eigenvalue weighted by Crippen LogP contribution is 1.91. The van der Waals surface area contributed by atoms with Crippen molar-refractivity contribution in [2.24, 2.45) is 7.05 Å². The molecule has 0 unspecified atom stereocenters. The summed E-state index contributed by atoms with van der Waals surface area (Å²) in [5, 5.41) is 2.40. The standard InChI is InChI=1S/C5H5ClN2O2/c1-8-5(10)4(9)3(6)2-7-8/h2,7H,1H3. The van der Waals surface area contributed by atoms with E-state index in [0.29, 0.717) is 0 Å². The van der Waals surface area contributed by atoms with Gasteiger partial charge < -0.3 is 5.10 Å². The molecule has 4 nitrogen and oxygen atoms in total. The lowest BCUT2D eigenvalue weighted by molar-refractivity contribution is 0.700. The molecule has 0 bridgehead atoms. The monoisotopic (exact) mass is 160 g/mol. The maximum atomic E-state index is 10.7. The van der Waals surface area contributed by atoms with Gasteiger partial charge >= 0.3 is 5.56 Å². The van der Waals surface area contributed by atoms with Crippen LogP contribution in [0.2, 0.25) is 5.02 Å². The molecule has 0 saturated heterocycles. The molecule has 5 heteroatoms. The molecule has 1 rings (SSSR count). The molecule has 0 fully saturated rings. The van der Waals surface area contributed by atoms with Gasteiger partial charge in [-0.15, -0.1) is 0 Å². The average Bonchev–Trinajstić information content (AvgIpc) is 1.93. The molecule has 1 N–H and O–H groups in total. The fourth-order valence-electron chi connectivity index (χ4n) is 0.532. The van der Waals surface area contributed by atoms with E-state index in [2.05, 4.69) is 5.10 Å². The summed E-state index contributed by atoms with van der Waals surface area (Å²) in [6, 6.07) is 0. The number of hydrogen-bond donors (Lipinski definition) is 1. The van der Waals surface area contributed by atoms with Gasteiger partial charge in [-0.1, -0.05) is 11.6 Å². The molecule has 0 amide bonds. The van der Waals surface area contributed by atoms with Crippen LogP contribution in [0.15, 0.2) is 15.8 Å². The van der Waals surface area contributed by atoms with E-state index in [1.807, 2.05) is 0 Å². The first-order chi connectivity index (χ1) is 4.63. The SMILES string of the molecule is Cn1[nH]cc(Cl)c(=O)c1=O. The molecule has 10 heavy (non-hydrogen) atoms. The normalized spacial score (nSPS) is 9.80. The maximum absolute atomic E-state index is 10.7. The van der Waals surface area contributed by atoms with Gasteiger partial charge in [-0.25, -0.2) is 0 Å². The molecule has 0 radical (unpaired) electrons. The van der Waals surface area contributed by atoms with Crippen molar-refractivity contribution in [2.75, 3.05) is 0 Å². The van der Waals surface area contributed by atoms with Crippen LogP contribution < -0.4 is 11.0 Å². The van der Waals surface area contributed by atoms with Gasteiger partial charge in [-0.05, 0) is 0 Å². The van der Waals surface area contributed by atoms with Crippen molar-refractivity contribution in [2.45, 2.75) is 0 Å². The van der Waals surface area contributed by atoms with E-state index in [-0.39, 0.29) is 5.02 Å². The first-order valence-corrected chi connectivity index (χ1v) is 2.95. The lowest BCUT2D eigenvalue weighted by Crippen LogP contribution is -2.34. The molecule has 0 saturated carbocycles. The Morgan fingerprint density at radius 2 is 2.20 bits per heavy atom. The second kappa shape index (κ2) is 2.30. The van der Waals surface area contributed by atoms with Gasteiger partial charge in [0.05, 0.1) is 0 Å². The molecule has 1 aromatic rings. The van der Waals surface area contributed by atoms with Crippen molar-refractivity contribution in [3.05, 3.63) is 31.8 Å². The van der Waals surface area contributed by atoms with Crippen LogP contribution in [-0.4, -0.2) is 9.78 Å². The summed E-state index contributed by atoms with van der Waals surface area (Å²) in [7, 11) is 1.44. The summed E-state index contributed by atoms with van der Waals surface area (Å²) in [5.74, 6) is 0. The molecular weight excluding hydrogens is 156 g/mol. The van der Waals surface area contributed by atoms with Gasteiger partial charge in [0.1, 0.15) is 5.02 Å². The van der Waals surface area contributed by atoms with Crippen molar-refractivity contribution in [3.8, 4) is 0 Å². The molecule has 0 spiro atoms. The van der Waals surface area contributed by atoms with E-state index in [0.717, 1.165) is 4.68 Å². The lowest BCUT2D eigenvalue weighted by Gasteiger charge is -1.93. The van der Waals surface area contributed by atoms with Crippen LogP contribution in [0.5, 0.6) is 0 Å². The van der Waals surface area contributed by atoms with Crippen LogP contribution in [0.25, 0.3) is 0 Å². The third-order valence-electron chi connectivity index (χ3n) is 1.10. The van der Waals surface area contributed by atoms with Crippen LogP contribution >= 0.6 is 11.6 Å². The van der Waals surface area contributed by atoms with E-state index < -0.39 is 11.0 Å². The van der Waals surface area contributed by atoms with Crippen molar-refractivity contribution in [1.82, 2.24) is 9.78 Å². The number of aryl methyl sites for hydroxylation is 1. The summed E-state index contributed by atoms with van der Waals surface area (Å²) in [6.07, 6.45) is 1.27. The van der Waals surface area contributed by atoms with Crippen LogP contribution in [0.1, 0.15) is 0 Å². The highest BCUT2D eigenvalue weighted by Gasteiger charge is 1.99. The Morgan fingerprint density at radius 1 is 1.60 bits per heavy atom. The predicted molar refractivity (Wildman–Crippen MR) is 37.3 cm³/mol. The van der Waals surface area contributed by atoms with Gasteiger partial charge in [0.2, 0.25) is 0 Å². The predicted octanol–water partition coefficient (Wildman–Crippen LogP) is -0.273. The number of nitrogens with one attached hydrogen (secondary N) is 1. The van der Waals surface area contributed by atoms with Crippen molar-refractivity contribution >= 4 is 11.6 Å². The minimum absolute atomic E-state index is 0.0805. The zero-order valence-electron chi connectivity index (χ0n) is 5.22. The molecule has 0 atom stereocenters. The smallest absolute Gasteiger partial charge is 0.302 e. The first-order valence-electron chi connectivity index (χ1n) is 2.57. The Balaban J connectivity index is 3.67. The fourth-order valence-corrected chi connectivity index (χ4v) is 0.662. The van der Waals surface area contributed by atoms with Crippen LogP contribution in [-0.2, 0) is 7.05 Å². The van der Waals surface area contributed by atoms with Gasteiger partial charge in [0.15, 0.2) is 0 Å². The summed E-state index contributed by atoms with van der Waals surface area (Å²) >= 11 is 5.33. The Hall–Kier alpha value is -1.03. The Labute approximate surface area is 61.0 Å². The third-order valence-corrected chi connectivity index (χ3v) is 1.38. The van der Waals surface area contributed by atoms with Crippen LogP contribution in [0, 0.1) is 0 Å². The fraction of sp³-hybridized carbons (Fsp3) is 0.200. The number of halogens is 1. The molecule has 1 aromatic heterocycles. The Bertz CT molecular complexity index is 316. The van der Waals surface area contributed by atoms with Crippen molar-refractivity contribution in [3.63, 3.8) is 0 Å². The average molecular weight is 161 g/mol. The summed E-state index contributed by atoms with van der Waals surface area (Å²) in [4.78, 5) is 21.4. The van der Waals surface area contributed by atoms with Crippen LogP contribution in [0.3, 0.4) is 0 Å². The summed E-state index contributed by atoms with van der Waals surface area (Å²) in [6.45, 7) is 0. The highest BCUT2D eigenvalue weighted by atomic mass is 35.5. The number of rotatable bonds is 0. The van der Waals surface area contributed by atoms with Gasteiger partial charge in [-0.2, -0.15) is 0 Å². The van der Waals surface area contributed by atoms with E-state index in [4.69, 9.17) is 11.6 Å². The van der Waals surface area contributed by atoms with Crippen LogP contribution in [0.4, 0.5) is 0 Å². The lowest BCUT2D eigenvalue weighted by atomic mass is 10.5. The number of H-pyrrole nitrogens is 1. The Kier molecular flexibility index (Phi) is 1.63. The van der Waals surface area contributed by atoms with Crippen molar-refractivity contribution in [1.29, 1.82) is 0 Å². The maximum Gasteiger partial charge on any atom is 0.314 e. The summed E-state index contributed by atoms with van der Waals surface area (Å²) in [5.41, 5.74) is -1.32. The third kappa shape index (κ3) is 0.974. The summed E-state index contributed by atoms with van der Waals surface area (Å²) < 4.78 is 1.06. The van der Waals surface area contributed by atoms with Crippen molar-refractivity contribution < 1.29 is 0 Å². The number of hydrogen-bond acceptors (Lipinski definition) is 2. The van der Waals surface area contributed by atoms with Gasteiger partial charge in [-0.3, -0.25) is 14.3 Å².